The van der Waals surface area contributed by atoms with Crippen molar-refractivity contribution in [2.75, 3.05) is 24.5 Å². The van der Waals surface area contributed by atoms with E-state index >= 15 is 0 Å². The molecule has 1 saturated heterocycles. The molecular formula is C14H22ClN3. The fraction of sp³-hybridized carbons (Fsp3) is 0.643. The molecule has 0 aromatic carbocycles. The van der Waals surface area contributed by atoms with E-state index in [4.69, 9.17) is 11.6 Å². The Morgan fingerprint density at radius 3 is 2.83 bits per heavy atom. The zero-order valence-corrected chi connectivity index (χ0v) is 12.2. The third kappa shape index (κ3) is 3.15. The summed E-state index contributed by atoms with van der Waals surface area (Å²) in [5, 5.41) is 4.02. The molecule has 18 heavy (non-hydrogen) atoms. The number of hydrogen-bond donors (Lipinski definition) is 1. The first kappa shape index (κ1) is 13.6. The van der Waals surface area contributed by atoms with Gasteiger partial charge in [-0.1, -0.05) is 32.4 Å². The van der Waals surface area contributed by atoms with E-state index in [1.54, 1.807) is 0 Å². The van der Waals surface area contributed by atoms with E-state index in [9.17, 15) is 0 Å². The van der Waals surface area contributed by atoms with Crippen molar-refractivity contribution in [1.82, 2.24) is 10.3 Å². The summed E-state index contributed by atoms with van der Waals surface area (Å²) in [6.07, 6.45) is 1.22. The maximum absolute atomic E-state index is 6.17. The molecule has 0 amide bonds. The van der Waals surface area contributed by atoms with Gasteiger partial charge in [-0.25, -0.2) is 4.98 Å². The standard InChI is InChI=1S/C14H22ClN3/c1-4-16-9-12-11(15)5-6-13(17-12)18-8-7-14(2,3)10-18/h5-6,16H,4,7-10H2,1-3H3. The van der Waals surface area contributed by atoms with E-state index in [1.165, 1.54) is 6.42 Å². The highest BCUT2D eigenvalue weighted by molar-refractivity contribution is 6.31. The molecule has 1 aliphatic heterocycles. The van der Waals surface area contributed by atoms with Crippen LogP contribution in [0.15, 0.2) is 12.1 Å². The molecule has 1 fully saturated rings. The van der Waals surface area contributed by atoms with Gasteiger partial charge in [0.15, 0.2) is 0 Å². The summed E-state index contributed by atoms with van der Waals surface area (Å²) in [6.45, 7) is 10.5. The predicted molar refractivity (Wildman–Crippen MR) is 77.2 cm³/mol. The molecule has 0 spiro atoms. The number of nitrogens with one attached hydrogen (secondary N) is 1. The first-order valence-corrected chi connectivity index (χ1v) is 7.01. The normalized spacial score (nSPS) is 18.3. The van der Waals surface area contributed by atoms with E-state index in [-0.39, 0.29) is 0 Å². The maximum Gasteiger partial charge on any atom is 0.128 e. The average Bonchev–Trinajstić information content (AvgIpc) is 2.69. The Hall–Kier alpha value is -0.800. The van der Waals surface area contributed by atoms with Crippen molar-refractivity contribution in [2.24, 2.45) is 5.41 Å². The quantitative estimate of drug-likeness (QED) is 0.909. The highest BCUT2D eigenvalue weighted by Crippen LogP contribution is 2.32. The van der Waals surface area contributed by atoms with Gasteiger partial charge < -0.3 is 10.2 Å². The minimum absolute atomic E-state index is 0.392. The van der Waals surface area contributed by atoms with Crippen LogP contribution in [0, 0.1) is 5.41 Å². The van der Waals surface area contributed by atoms with Gasteiger partial charge in [-0.3, -0.25) is 0 Å². The van der Waals surface area contributed by atoms with E-state index in [0.717, 1.165) is 42.7 Å². The third-order valence-corrected chi connectivity index (χ3v) is 3.79. The average molecular weight is 268 g/mol. The minimum atomic E-state index is 0.392. The number of pyridine rings is 1. The predicted octanol–water partition coefficient (Wildman–Crippen LogP) is 3.08. The van der Waals surface area contributed by atoms with Gasteiger partial charge in [-0.15, -0.1) is 0 Å². The second-order valence-electron chi connectivity index (χ2n) is 5.71. The Balaban J connectivity index is 2.14. The van der Waals surface area contributed by atoms with Crippen molar-refractivity contribution < 1.29 is 0 Å². The maximum atomic E-state index is 6.17. The van der Waals surface area contributed by atoms with Crippen LogP contribution in [-0.4, -0.2) is 24.6 Å². The molecule has 1 aromatic rings. The van der Waals surface area contributed by atoms with Crippen molar-refractivity contribution >= 4 is 17.4 Å². The fourth-order valence-corrected chi connectivity index (χ4v) is 2.50. The lowest BCUT2D eigenvalue weighted by Crippen LogP contribution is -2.24. The zero-order valence-electron chi connectivity index (χ0n) is 11.5. The van der Waals surface area contributed by atoms with Crippen LogP contribution in [0.3, 0.4) is 0 Å². The van der Waals surface area contributed by atoms with Crippen LogP contribution < -0.4 is 10.2 Å². The van der Waals surface area contributed by atoms with E-state index < -0.39 is 0 Å². The SMILES string of the molecule is CCNCc1nc(N2CCC(C)(C)C2)ccc1Cl. The van der Waals surface area contributed by atoms with Crippen molar-refractivity contribution in [3.8, 4) is 0 Å². The van der Waals surface area contributed by atoms with Crippen LogP contribution >= 0.6 is 11.6 Å². The Labute approximate surface area is 115 Å². The molecule has 1 aliphatic rings. The van der Waals surface area contributed by atoms with E-state index in [2.05, 4.69) is 36.0 Å². The molecule has 1 aromatic heterocycles. The molecule has 100 valence electrons. The van der Waals surface area contributed by atoms with Gasteiger partial charge in [0, 0.05) is 19.6 Å². The largest absolute Gasteiger partial charge is 0.356 e. The zero-order chi connectivity index (χ0) is 13.2. The summed E-state index contributed by atoms with van der Waals surface area (Å²) in [5.74, 6) is 1.05. The summed E-state index contributed by atoms with van der Waals surface area (Å²) in [6, 6.07) is 3.99. The fourth-order valence-electron chi connectivity index (χ4n) is 2.32. The third-order valence-electron chi connectivity index (χ3n) is 3.45. The second kappa shape index (κ2) is 5.45. The molecule has 0 saturated carbocycles. The van der Waals surface area contributed by atoms with Gasteiger partial charge in [0.05, 0.1) is 10.7 Å². The molecule has 0 aliphatic carbocycles. The Morgan fingerprint density at radius 1 is 1.44 bits per heavy atom. The van der Waals surface area contributed by atoms with E-state index in [0.29, 0.717) is 5.41 Å². The molecule has 4 heteroatoms. The Morgan fingerprint density at radius 2 is 2.22 bits per heavy atom. The summed E-state index contributed by atoms with van der Waals surface area (Å²) in [5.41, 5.74) is 1.34. The van der Waals surface area contributed by atoms with Crippen molar-refractivity contribution in [3.63, 3.8) is 0 Å². The number of anilines is 1. The number of rotatable bonds is 4. The summed E-state index contributed by atoms with van der Waals surface area (Å²) >= 11 is 6.17. The highest BCUT2D eigenvalue weighted by atomic mass is 35.5. The highest BCUT2D eigenvalue weighted by Gasteiger charge is 2.29. The first-order valence-electron chi connectivity index (χ1n) is 6.63. The lowest BCUT2D eigenvalue weighted by atomic mass is 9.93. The van der Waals surface area contributed by atoms with Gasteiger partial charge in [-0.2, -0.15) is 0 Å². The lowest BCUT2D eigenvalue weighted by molar-refractivity contribution is 0.418. The molecular weight excluding hydrogens is 246 g/mol. The number of aromatic nitrogens is 1. The van der Waals surface area contributed by atoms with Gasteiger partial charge in [0.1, 0.15) is 5.82 Å². The Kier molecular flexibility index (Phi) is 4.13. The van der Waals surface area contributed by atoms with Gasteiger partial charge in [0.25, 0.3) is 0 Å². The molecule has 0 bridgehead atoms. The van der Waals surface area contributed by atoms with Crippen molar-refractivity contribution in [3.05, 3.63) is 22.8 Å². The topological polar surface area (TPSA) is 28.2 Å². The van der Waals surface area contributed by atoms with Gasteiger partial charge >= 0.3 is 0 Å². The van der Waals surface area contributed by atoms with Crippen LogP contribution in [0.4, 0.5) is 5.82 Å². The molecule has 2 rings (SSSR count). The first-order chi connectivity index (χ1) is 8.52. The molecule has 2 heterocycles. The van der Waals surface area contributed by atoms with Crippen LogP contribution in [0.1, 0.15) is 32.9 Å². The Bertz CT molecular complexity index is 418. The molecule has 3 nitrogen and oxygen atoms in total. The van der Waals surface area contributed by atoms with Crippen LogP contribution in [0.2, 0.25) is 5.02 Å². The van der Waals surface area contributed by atoms with E-state index in [1.807, 2.05) is 12.1 Å². The lowest BCUT2D eigenvalue weighted by Gasteiger charge is -2.21. The summed E-state index contributed by atoms with van der Waals surface area (Å²) in [7, 11) is 0. The molecule has 0 radical (unpaired) electrons. The van der Waals surface area contributed by atoms with Crippen LogP contribution in [0.5, 0.6) is 0 Å². The smallest absolute Gasteiger partial charge is 0.128 e. The van der Waals surface area contributed by atoms with Gasteiger partial charge in [0.2, 0.25) is 0 Å². The monoisotopic (exact) mass is 267 g/mol. The number of hydrogen-bond acceptors (Lipinski definition) is 3. The molecule has 0 unspecified atom stereocenters. The van der Waals surface area contributed by atoms with Crippen molar-refractivity contribution in [1.29, 1.82) is 0 Å². The van der Waals surface area contributed by atoms with Crippen molar-refractivity contribution in [2.45, 2.75) is 33.7 Å². The minimum Gasteiger partial charge on any atom is -0.356 e. The number of nitrogens with zero attached hydrogens (tertiary/aromatic N) is 2. The molecule has 1 N–H and O–H groups in total. The van der Waals surface area contributed by atoms with Crippen LogP contribution in [0.25, 0.3) is 0 Å². The molecule has 0 atom stereocenters. The number of halogens is 1. The van der Waals surface area contributed by atoms with Crippen LogP contribution in [-0.2, 0) is 6.54 Å². The van der Waals surface area contributed by atoms with Gasteiger partial charge in [-0.05, 0) is 30.5 Å². The summed E-state index contributed by atoms with van der Waals surface area (Å²) in [4.78, 5) is 7.04. The second-order valence-corrected chi connectivity index (χ2v) is 6.12. The summed E-state index contributed by atoms with van der Waals surface area (Å²) < 4.78 is 0.